The molecule has 0 aliphatic carbocycles. The van der Waals surface area contributed by atoms with E-state index < -0.39 is 0 Å². The maximum absolute atomic E-state index is 12.7. The summed E-state index contributed by atoms with van der Waals surface area (Å²) in [6, 6.07) is 1.87. The van der Waals surface area contributed by atoms with Gasteiger partial charge >= 0.3 is 5.69 Å². The average Bonchev–Trinajstić information content (AvgIpc) is 3.09. The fourth-order valence-corrected chi connectivity index (χ4v) is 3.81. The number of hydrogen-bond acceptors (Lipinski definition) is 4. The van der Waals surface area contributed by atoms with Crippen molar-refractivity contribution in [2.45, 2.75) is 58.9 Å². The van der Waals surface area contributed by atoms with E-state index in [-0.39, 0.29) is 11.6 Å². The van der Waals surface area contributed by atoms with E-state index in [4.69, 9.17) is 0 Å². The molecule has 1 N–H and O–H groups in total. The summed E-state index contributed by atoms with van der Waals surface area (Å²) >= 11 is 0. The number of carbonyl (C=O) groups excluding carboxylic acids is 1. The molecule has 2 aromatic rings. The molecule has 0 bridgehead atoms. The van der Waals surface area contributed by atoms with Crippen molar-refractivity contribution in [3.05, 3.63) is 45.4 Å². The van der Waals surface area contributed by atoms with Crippen LogP contribution in [-0.4, -0.2) is 43.6 Å². The molecule has 1 atom stereocenters. The molecule has 3 rings (SSSR count). The SMILES string of the molecule is CCc1cn[nH]c1C1CCCN(C(=O)CCn2c(C)cc(C)nc2=O)C1. The molecule has 1 aliphatic heterocycles. The van der Waals surface area contributed by atoms with E-state index >= 15 is 0 Å². The normalized spacial score (nSPS) is 17.5. The van der Waals surface area contributed by atoms with Gasteiger partial charge in [0.05, 0.1) is 6.20 Å². The second-order valence-electron chi connectivity index (χ2n) is 7.06. The molecular weight excluding hydrogens is 330 g/mol. The van der Waals surface area contributed by atoms with Gasteiger partial charge in [-0.15, -0.1) is 0 Å². The molecule has 7 nitrogen and oxygen atoms in total. The first-order valence-corrected chi connectivity index (χ1v) is 9.34. The van der Waals surface area contributed by atoms with Crippen LogP contribution in [0.4, 0.5) is 0 Å². The standard InChI is InChI=1S/C19H27N5O2/c1-4-15-11-20-22-18(15)16-6-5-8-23(12-16)17(25)7-9-24-14(3)10-13(2)21-19(24)26/h10-11,16H,4-9,12H2,1-3H3,(H,20,22). The molecule has 1 unspecified atom stereocenters. The zero-order chi connectivity index (χ0) is 18.7. The summed E-state index contributed by atoms with van der Waals surface area (Å²) in [5.74, 6) is 0.412. The predicted molar refractivity (Wildman–Crippen MR) is 99.1 cm³/mol. The summed E-state index contributed by atoms with van der Waals surface area (Å²) in [6.07, 6.45) is 5.21. The highest BCUT2D eigenvalue weighted by atomic mass is 16.2. The van der Waals surface area contributed by atoms with Gasteiger partial charge in [0.1, 0.15) is 0 Å². The van der Waals surface area contributed by atoms with E-state index in [0.717, 1.165) is 31.5 Å². The molecule has 0 saturated carbocycles. The van der Waals surface area contributed by atoms with E-state index in [9.17, 15) is 9.59 Å². The monoisotopic (exact) mass is 357 g/mol. The van der Waals surface area contributed by atoms with Crippen LogP contribution in [0.3, 0.4) is 0 Å². The highest BCUT2D eigenvalue weighted by Gasteiger charge is 2.27. The van der Waals surface area contributed by atoms with Crippen LogP contribution in [-0.2, 0) is 17.8 Å². The van der Waals surface area contributed by atoms with Crippen LogP contribution in [0.5, 0.6) is 0 Å². The van der Waals surface area contributed by atoms with Crippen molar-refractivity contribution in [1.82, 2.24) is 24.6 Å². The van der Waals surface area contributed by atoms with E-state index in [1.807, 2.05) is 24.1 Å². The number of aryl methyl sites for hydroxylation is 3. The molecule has 1 amide bonds. The Kier molecular flexibility index (Phi) is 5.54. The van der Waals surface area contributed by atoms with E-state index in [1.165, 1.54) is 11.3 Å². The first kappa shape index (κ1) is 18.4. The number of rotatable bonds is 5. The molecule has 140 valence electrons. The zero-order valence-corrected chi connectivity index (χ0v) is 15.8. The minimum atomic E-state index is -0.281. The predicted octanol–water partition coefficient (Wildman–Crippen LogP) is 1.94. The van der Waals surface area contributed by atoms with Crippen LogP contribution in [0.1, 0.15) is 54.7 Å². The molecule has 0 spiro atoms. The van der Waals surface area contributed by atoms with Crippen LogP contribution in [0.2, 0.25) is 0 Å². The van der Waals surface area contributed by atoms with Crippen molar-refractivity contribution in [3.8, 4) is 0 Å². The average molecular weight is 357 g/mol. The topological polar surface area (TPSA) is 83.9 Å². The Balaban J connectivity index is 1.64. The number of nitrogens with zero attached hydrogens (tertiary/aromatic N) is 4. The molecule has 1 fully saturated rings. The summed E-state index contributed by atoms with van der Waals surface area (Å²) in [5.41, 5.74) is 3.67. The fourth-order valence-electron chi connectivity index (χ4n) is 3.81. The number of amides is 1. The number of aromatic nitrogens is 4. The first-order valence-electron chi connectivity index (χ1n) is 9.34. The quantitative estimate of drug-likeness (QED) is 0.886. The van der Waals surface area contributed by atoms with Gasteiger partial charge in [0.2, 0.25) is 5.91 Å². The highest BCUT2D eigenvalue weighted by Crippen LogP contribution is 2.28. The van der Waals surface area contributed by atoms with Crippen molar-refractivity contribution in [3.63, 3.8) is 0 Å². The Labute approximate surface area is 153 Å². The molecule has 2 aromatic heterocycles. The zero-order valence-electron chi connectivity index (χ0n) is 15.8. The van der Waals surface area contributed by atoms with Gasteiger partial charge in [0.25, 0.3) is 0 Å². The summed E-state index contributed by atoms with van der Waals surface area (Å²) < 4.78 is 1.58. The minimum Gasteiger partial charge on any atom is -0.342 e. The summed E-state index contributed by atoms with van der Waals surface area (Å²) in [7, 11) is 0. The van der Waals surface area contributed by atoms with Gasteiger partial charge in [-0.1, -0.05) is 6.92 Å². The Morgan fingerprint density at radius 2 is 2.19 bits per heavy atom. The molecule has 1 saturated heterocycles. The summed E-state index contributed by atoms with van der Waals surface area (Å²) in [5, 5.41) is 7.29. The van der Waals surface area contributed by atoms with Crippen molar-refractivity contribution >= 4 is 5.91 Å². The van der Waals surface area contributed by atoms with Crippen molar-refractivity contribution in [1.29, 1.82) is 0 Å². The molecule has 3 heterocycles. The fraction of sp³-hybridized carbons (Fsp3) is 0.579. The van der Waals surface area contributed by atoms with Gasteiger partial charge in [0, 0.05) is 49.1 Å². The van der Waals surface area contributed by atoms with E-state index in [0.29, 0.717) is 31.1 Å². The number of carbonyl (C=O) groups is 1. The lowest BCUT2D eigenvalue weighted by atomic mass is 9.92. The number of aromatic amines is 1. The van der Waals surface area contributed by atoms with Gasteiger partial charge in [-0.05, 0) is 44.7 Å². The van der Waals surface area contributed by atoms with Gasteiger partial charge in [-0.3, -0.25) is 14.5 Å². The lowest BCUT2D eigenvalue weighted by Crippen LogP contribution is -2.40. The largest absolute Gasteiger partial charge is 0.347 e. The Hall–Kier alpha value is -2.44. The first-order chi connectivity index (χ1) is 12.5. The molecule has 0 aromatic carbocycles. The third-order valence-electron chi connectivity index (χ3n) is 5.21. The maximum atomic E-state index is 12.7. The summed E-state index contributed by atoms with van der Waals surface area (Å²) in [6.45, 7) is 7.68. The molecule has 0 radical (unpaired) electrons. The van der Waals surface area contributed by atoms with Gasteiger partial charge in [-0.25, -0.2) is 4.79 Å². The third kappa shape index (κ3) is 3.86. The van der Waals surface area contributed by atoms with Crippen molar-refractivity contribution in [2.75, 3.05) is 13.1 Å². The Bertz CT molecular complexity index is 839. The van der Waals surface area contributed by atoms with Crippen LogP contribution in [0.15, 0.2) is 17.1 Å². The smallest absolute Gasteiger partial charge is 0.342 e. The van der Waals surface area contributed by atoms with Crippen molar-refractivity contribution in [2.24, 2.45) is 0 Å². The van der Waals surface area contributed by atoms with Gasteiger partial charge < -0.3 is 4.90 Å². The molecule has 26 heavy (non-hydrogen) atoms. The highest BCUT2D eigenvalue weighted by molar-refractivity contribution is 5.76. The van der Waals surface area contributed by atoms with Crippen LogP contribution >= 0.6 is 0 Å². The minimum absolute atomic E-state index is 0.0964. The molecule has 7 heteroatoms. The maximum Gasteiger partial charge on any atom is 0.347 e. The van der Waals surface area contributed by atoms with Crippen molar-refractivity contribution < 1.29 is 4.79 Å². The Morgan fingerprint density at radius 1 is 1.38 bits per heavy atom. The lowest BCUT2D eigenvalue weighted by Gasteiger charge is -2.33. The summed E-state index contributed by atoms with van der Waals surface area (Å²) in [4.78, 5) is 30.6. The van der Waals surface area contributed by atoms with E-state index in [2.05, 4.69) is 22.1 Å². The number of piperidine rings is 1. The van der Waals surface area contributed by atoms with Crippen LogP contribution < -0.4 is 5.69 Å². The van der Waals surface area contributed by atoms with E-state index in [1.54, 1.807) is 11.5 Å². The van der Waals surface area contributed by atoms with Gasteiger partial charge in [0.15, 0.2) is 0 Å². The molecule has 1 aliphatic rings. The number of hydrogen-bond donors (Lipinski definition) is 1. The third-order valence-corrected chi connectivity index (χ3v) is 5.21. The lowest BCUT2D eigenvalue weighted by molar-refractivity contribution is -0.132. The molecular formula is C19H27N5O2. The number of nitrogens with one attached hydrogen (secondary N) is 1. The van der Waals surface area contributed by atoms with Gasteiger partial charge in [-0.2, -0.15) is 10.1 Å². The number of H-pyrrole nitrogens is 1. The second kappa shape index (κ2) is 7.85. The van der Waals surface area contributed by atoms with Crippen LogP contribution in [0, 0.1) is 13.8 Å². The van der Waals surface area contributed by atoms with Crippen LogP contribution in [0.25, 0.3) is 0 Å². The second-order valence-corrected chi connectivity index (χ2v) is 7.06. The Morgan fingerprint density at radius 3 is 2.92 bits per heavy atom. The number of likely N-dealkylation sites (tertiary alicyclic amines) is 1.